The van der Waals surface area contributed by atoms with Crippen molar-refractivity contribution < 1.29 is 71.7 Å². The topological polar surface area (TPSA) is 48.0 Å². The number of ether oxygens (including phenoxy) is 3. The molecule has 0 amide bonds. The van der Waals surface area contributed by atoms with E-state index in [1.165, 1.54) is 31.4 Å². The molecule has 0 aromatic heterocycles. The molecule has 37 heavy (non-hydrogen) atoms. The van der Waals surface area contributed by atoms with Crippen LogP contribution < -0.4 is 9.47 Å². The van der Waals surface area contributed by atoms with Gasteiger partial charge in [-0.1, -0.05) is 24.3 Å². The Balaban J connectivity index is 2.02. The van der Waals surface area contributed by atoms with Gasteiger partial charge in [-0.05, 0) is 35.4 Å². The summed E-state index contributed by atoms with van der Waals surface area (Å²) in [6, 6.07) is -4.88. The van der Waals surface area contributed by atoms with E-state index in [9.17, 15) is 57.5 Å². The lowest BCUT2D eigenvalue weighted by atomic mass is 10.1. The van der Waals surface area contributed by atoms with Gasteiger partial charge in [-0.25, -0.2) is 13.9 Å². The van der Waals surface area contributed by atoms with Gasteiger partial charge in [0.05, 0.1) is 7.11 Å². The zero-order valence-electron chi connectivity index (χ0n) is 17.7. The van der Waals surface area contributed by atoms with Gasteiger partial charge >= 0.3 is 42.2 Å². The molecule has 3 rings (SSSR count). The van der Waals surface area contributed by atoms with Crippen LogP contribution >= 0.6 is 0 Å². The Kier molecular flexibility index (Phi) is 6.65. The van der Waals surface area contributed by atoms with Gasteiger partial charge in [-0.15, -0.1) is 4.90 Å². The van der Waals surface area contributed by atoms with Gasteiger partial charge in [0, 0.05) is 0 Å². The molecule has 0 bridgehead atoms. The summed E-state index contributed by atoms with van der Waals surface area (Å²) >= 11 is 0. The lowest BCUT2D eigenvalue weighted by Crippen LogP contribution is -2.82. The largest absolute Gasteiger partial charge is 0.497 e. The van der Waals surface area contributed by atoms with Crippen molar-refractivity contribution in [2.24, 2.45) is 0 Å². The van der Waals surface area contributed by atoms with E-state index >= 15 is 0 Å². The number of carbonyl (C=O) groups excluding carboxylic acids is 1. The van der Waals surface area contributed by atoms with Gasteiger partial charge in [0.25, 0.3) is 0 Å². The Morgan fingerprint density at radius 2 is 1.11 bits per heavy atom. The fraction of sp³-hybridized carbons (Fsp3) is 0.350. The SMILES string of the molecule is COc1ccc(-c2ccc(OC(=O)[C@](F)(N3C(F)(F)C(F)(F)OC(F)(F)C3(F)F)C(F)(F)F)cc2)cc1. The molecule has 0 unspecified atom stereocenters. The van der Waals surface area contributed by atoms with Crippen molar-refractivity contribution in [1.29, 1.82) is 0 Å². The number of halogens is 12. The summed E-state index contributed by atoms with van der Waals surface area (Å²) in [6.45, 7) is 0. The quantitative estimate of drug-likeness (QED) is 0.190. The van der Waals surface area contributed by atoms with Crippen molar-refractivity contribution in [3.8, 4) is 22.6 Å². The van der Waals surface area contributed by atoms with Gasteiger partial charge < -0.3 is 9.47 Å². The number of methoxy groups -OCH3 is 1. The third-order valence-corrected chi connectivity index (χ3v) is 4.96. The number of morpholine rings is 1. The first-order chi connectivity index (χ1) is 16.7. The normalized spacial score (nSPS) is 22.1. The van der Waals surface area contributed by atoms with Crippen molar-refractivity contribution >= 4 is 5.97 Å². The van der Waals surface area contributed by atoms with E-state index in [1.807, 2.05) is 4.74 Å². The minimum absolute atomic E-state index is 0.287. The van der Waals surface area contributed by atoms with Crippen LogP contribution in [0.5, 0.6) is 11.5 Å². The van der Waals surface area contributed by atoms with Crippen LogP contribution in [0.15, 0.2) is 48.5 Å². The summed E-state index contributed by atoms with van der Waals surface area (Å²) in [4.78, 5) is 8.44. The van der Waals surface area contributed by atoms with E-state index in [-0.39, 0.29) is 5.56 Å². The molecule has 1 heterocycles. The first-order valence-electron chi connectivity index (χ1n) is 9.46. The molecule has 1 fully saturated rings. The van der Waals surface area contributed by atoms with Crippen molar-refractivity contribution in [2.75, 3.05) is 7.11 Å². The number of alkyl halides is 12. The van der Waals surface area contributed by atoms with Crippen molar-refractivity contribution in [3.05, 3.63) is 48.5 Å². The standard InChI is InChI=1S/C20H11F12NO4/c1-35-12-6-2-10(3-7-12)11-4-8-13(9-5-11)36-14(34)15(21,16(22,23)24)33-17(25,26)19(29,30)37-20(31,32)18(33,27)28/h2-9H,1H3/t15-/m0/s1. The molecular formula is C20H11F12NO4. The molecule has 2 aromatic rings. The Hall–Kier alpha value is -3.21. The van der Waals surface area contributed by atoms with Gasteiger partial charge in [0.15, 0.2) is 0 Å². The summed E-state index contributed by atoms with van der Waals surface area (Å²) in [7, 11) is 1.37. The third kappa shape index (κ3) is 4.43. The van der Waals surface area contributed by atoms with E-state index < -0.39 is 52.9 Å². The maximum Gasteiger partial charge on any atom is 0.448 e. The molecule has 0 saturated carbocycles. The van der Waals surface area contributed by atoms with E-state index in [4.69, 9.17) is 4.74 Å². The second kappa shape index (κ2) is 8.68. The van der Waals surface area contributed by atoms with Crippen molar-refractivity contribution in [1.82, 2.24) is 4.90 Å². The Bertz CT molecular complexity index is 1130. The van der Waals surface area contributed by atoms with Gasteiger partial charge in [-0.2, -0.15) is 48.3 Å². The summed E-state index contributed by atoms with van der Waals surface area (Å²) in [6.07, 6.45) is -20.9. The van der Waals surface area contributed by atoms with Crippen LogP contribution in [0.4, 0.5) is 52.7 Å². The smallest absolute Gasteiger partial charge is 0.448 e. The van der Waals surface area contributed by atoms with Crippen LogP contribution in [0.2, 0.25) is 0 Å². The number of benzene rings is 2. The van der Waals surface area contributed by atoms with Crippen LogP contribution in [0.25, 0.3) is 11.1 Å². The maximum absolute atomic E-state index is 15.0. The molecular weight excluding hydrogens is 546 g/mol. The molecule has 0 spiro atoms. The van der Waals surface area contributed by atoms with Crippen molar-refractivity contribution in [3.63, 3.8) is 0 Å². The lowest BCUT2D eigenvalue weighted by molar-refractivity contribution is -0.583. The van der Waals surface area contributed by atoms with E-state index in [0.29, 0.717) is 23.4 Å². The molecule has 0 N–H and O–H groups in total. The molecule has 1 aliphatic heterocycles. The fourth-order valence-corrected chi connectivity index (χ4v) is 3.11. The average Bonchev–Trinajstić information content (AvgIpc) is 2.77. The number of nitrogens with zero attached hydrogens (tertiary/aromatic N) is 1. The van der Waals surface area contributed by atoms with Crippen LogP contribution in [0.1, 0.15) is 0 Å². The van der Waals surface area contributed by atoms with Gasteiger partial charge in [-0.3, -0.25) is 0 Å². The molecule has 2 aromatic carbocycles. The summed E-state index contributed by atoms with van der Waals surface area (Å²) in [5, 5.41) is 0. The Labute approximate surface area is 198 Å². The van der Waals surface area contributed by atoms with Crippen LogP contribution in [-0.4, -0.2) is 54.3 Å². The number of hydrogen-bond donors (Lipinski definition) is 0. The van der Waals surface area contributed by atoms with Crippen LogP contribution in [0.3, 0.4) is 0 Å². The highest BCUT2D eigenvalue weighted by molar-refractivity contribution is 5.82. The predicted octanol–water partition coefficient (Wildman–Crippen LogP) is 6.20. The first kappa shape index (κ1) is 28.4. The number of hydrogen-bond acceptors (Lipinski definition) is 5. The highest BCUT2D eigenvalue weighted by Gasteiger charge is 2.91. The molecule has 1 saturated heterocycles. The molecule has 0 radical (unpaired) electrons. The summed E-state index contributed by atoms with van der Waals surface area (Å²) < 4.78 is 176. The fourth-order valence-electron chi connectivity index (χ4n) is 3.11. The van der Waals surface area contributed by atoms with E-state index in [2.05, 4.69) is 4.74 Å². The molecule has 204 valence electrons. The van der Waals surface area contributed by atoms with E-state index in [0.717, 1.165) is 12.1 Å². The monoisotopic (exact) mass is 557 g/mol. The third-order valence-electron chi connectivity index (χ3n) is 4.96. The van der Waals surface area contributed by atoms with E-state index in [1.54, 1.807) is 0 Å². The highest BCUT2D eigenvalue weighted by atomic mass is 19.4. The molecule has 5 nitrogen and oxygen atoms in total. The number of esters is 1. The Morgan fingerprint density at radius 1 is 0.730 bits per heavy atom. The van der Waals surface area contributed by atoms with Crippen LogP contribution in [-0.2, 0) is 9.53 Å². The molecule has 1 atom stereocenters. The summed E-state index contributed by atoms with van der Waals surface area (Å²) in [5.41, 5.74) is 0.737. The minimum Gasteiger partial charge on any atom is -0.497 e. The van der Waals surface area contributed by atoms with Gasteiger partial charge in [0.2, 0.25) is 0 Å². The maximum atomic E-state index is 15.0. The second-order valence-corrected chi connectivity index (χ2v) is 7.32. The van der Waals surface area contributed by atoms with Crippen LogP contribution in [0, 0.1) is 0 Å². The zero-order valence-corrected chi connectivity index (χ0v) is 17.7. The minimum atomic E-state index is -7.23. The predicted molar refractivity (Wildman–Crippen MR) is 96.7 cm³/mol. The number of carbonyl (C=O) groups is 1. The molecule has 1 aliphatic rings. The molecule has 17 heteroatoms. The lowest BCUT2D eigenvalue weighted by Gasteiger charge is -2.50. The first-order valence-corrected chi connectivity index (χ1v) is 9.46. The van der Waals surface area contributed by atoms with Gasteiger partial charge in [0.1, 0.15) is 11.5 Å². The zero-order chi connectivity index (χ0) is 28.2. The highest BCUT2D eigenvalue weighted by Crippen LogP contribution is 2.60. The average molecular weight is 557 g/mol. The second-order valence-electron chi connectivity index (χ2n) is 7.32. The van der Waals surface area contributed by atoms with Crippen molar-refractivity contribution in [2.45, 2.75) is 36.3 Å². The number of rotatable bonds is 5. The Morgan fingerprint density at radius 3 is 1.46 bits per heavy atom. The summed E-state index contributed by atoms with van der Waals surface area (Å²) in [5.74, 6) is -11.3. The molecule has 0 aliphatic carbocycles.